The van der Waals surface area contributed by atoms with Gasteiger partial charge in [-0.3, -0.25) is 4.68 Å². The Morgan fingerprint density at radius 1 is 1.47 bits per heavy atom. The first-order valence-corrected chi connectivity index (χ1v) is 6.60. The molecule has 2 heterocycles. The molecule has 0 radical (unpaired) electrons. The molecular formula is C14H21N3O2. The first kappa shape index (κ1) is 13.8. The van der Waals surface area contributed by atoms with Crippen molar-refractivity contribution in [1.82, 2.24) is 15.1 Å². The Labute approximate surface area is 113 Å². The number of aliphatic hydroxyl groups is 1. The highest BCUT2D eigenvalue weighted by molar-refractivity contribution is 5.06. The fourth-order valence-corrected chi connectivity index (χ4v) is 2.08. The summed E-state index contributed by atoms with van der Waals surface area (Å²) in [7, 11) is 0. The zero-order valence-electron chi connectivity index (χ0n) is 11.5. The quantitative estimate of drug-likeness (QED) is 0.748. The molecule has 104 valence electrons. The van der Waals surface area contributed by atoms with Crippen LogP contribution in [-0.4, -0.2) is 28.0 Å². The summed E-state index contributed by atoms with van der Waals surface area (Å²) in [5, 5.41) is 17.4. The molecule has 0 saturated heterocycles. The summed E-state index contributed by atoms with van der Waals surface area (Å²) in [5.41, 5.74) is 2.24. The van der Waals surface area contributed by atoms with Gasteiger partial charge < -0.3 is 14.8 Å². The van der Waals surface area contributed by atoms with E-state index in [0.717, 1.165) is 25.2 Å². The van der Waals surface area contributed by atoms with E-state index in [1.165, 1.54) is 5.69 Å². The van der Waals surface area contributed by atoms with E-state index in [1.807, 2.05) is 11.6 Å². The zero-order chi connectivity index (χ0) is 13.7. The van der Waals surface area contributed by atoms with E-state index in [0.29, 0.717) is 12.3 Å². The standard InChI is InChI=1S/C14H21N3O2/c1-11-9-12(2)17(16-11)7-4-6-15-10-13(18)14-5-3-8-19-14/h3,5,8-9,13,15,18H,4,6-7,10H2,1-2H3. The third-order valence-corrected chi connectivity index (χ3v) is 3.04. The van der Waals surface area contributed by atoms with E-state index >= 15 is 0 Å². The molecule has 5 heteroatoms. The number of aliphatic hydroxyl groups excluding tert-OH is 1. The average molecular weight is 263 g/mol. The summed E-state index contributed by atoms with van der Waals surface area (Å²) in [6.07, 6.45) is 1.97. The van der Waals surface area contributed by atoms with E-state index in [4.69, 9.17) is 4.42 Å². The molecule has 0 spiro atoms. The Morgan fingerprint density at radius 2 is 2.32 bits per heavy atom. The topological polar surface area (TPSA) is 63.2 Å². The first-order valence-electron chi connectivity index (χ1n) is 6.60. The van der Waals surface area contributed by atoms with Gasteiger partial charge in [-0.15, -0.1) is 0 Å². The van der Waals surface area contributed by atoms with Crippen molar-refractivity contribution in [1.29, 1.82) is 0 Å². The average Bonchev–Trinajstić information content (AvgIpc) is 2.99. The van der Waals surface area contributed by atoms with Crippen LogP contribution in [0.15, 0.2) is 28.9 Å². The lowest BCUT2D eigenvalue weighted by atomic mass is 10.2. The van der Waals surface area contributed by atoms with Crippen molar-refractivity contribution < 1.29 is 9.52 Å². The minimum atomic E-state index is -0.580. The Balaban J connectivity index is 1.63. The normalized spacial score (nSPS) is 12.8. The molecule has 0 aromatic carbocycles. The van der Waals surface area contributed by atoms with Crippen molar-refractivity contribution in [2.45, 2.75) is 32.9 Å². The summed E-state index contributed by atoms with van der Waals surface area (Å²) in [6.45, 7) is 6.31. The number of aryl methyl sites for hydroxylation is 3. The van der Waals surface area contributed by atoms with Gasteiger partial charge in [0.1, 0.15) is 11.9 Å². The van der Waals surface area contributed by atoms with Gasteiger partial charge in [0.05, 0.1) is 12.0 Å². The molecule has 2 aromatic heterocycles. The van der Waals surface area contributed by atoms with Crippen molar-refractivity contribution >= 4 is 0 Å². The van der Waals surface area contributed by atoms with Crippen molar-refractivity contribution in [3.05, 3.63) is 41.6 Å². The molecule has 0 aliphatic heterocycles. The Morgan fingerprint density at radius 3 is 2.95 bits per heavy atom. The highest BCUT2D eigenvalue weighted by atomic mass is 16.4. The zero-order valence-corrected chi connectivity index (χ0v) is 11.5. The SMILES string of the molecule is Cc1cc(C)n(CCCNCC(O)c2ccco2)n1. The van der Waals surface area contributed by atoms with Crippen molar-refractivity contribution in [2.75, 3.05) is 13.1 Å². The molecule has 0 saturated carbocycles. The van der Waals surface area contributed by atoms with Gasteiger partial charge in [-0.2, -0.15) is 5.10 Å². The predicted molar refractivity (Wildman–Crippen MR) is 72.9 cm³/mol. The molecule has 0 fully saturated rings. The second-order valence-electron chi connectivity index (χ2n) is 4.74. The smallest absolute Gasteiger partial charge is 0.133 e. The lowest BCUT2D eigenvalue weighted by Crippen LogP contribution is -2.23. The van der Waals surface area contributed by atoms with Gasteiger partial charge in [0.15, 0.2) is 0 Å². The van der Waals surface area contributed by atoms with Crippen molar-refractivity contribution in [2.24, 2.45) is 0 Å². The number of nitrogens with one attached hydrogen (secondary N) is 1. The molecule has 1 atom stereocenters. The molecule has 0 aliphatic rings. The van der Waals surface area contributed by atoms with Crippen LogP contribution in [0, 0.1) is 13.8 Å². The maximum atomic E-state index is 9.80. The lowest BCUT2D eigenvalue weighted by Gasteiger charge is -2.09. The molecule has 0 bridgehead atoms. The predicted octanol–water partition coefficient (Wildman–Crippen LogP) is 1.81. The fourth-order valence-electron chi connectivity index (χ4n) is 2.08. The monoisotopic (exact) mass is 263 g/mol. The van der Waals surface area contributed by atoms with Crippen molar-refractivity contribution in [3.63, 3.8) is 0 Å². The summed E-state index contributed by atoms with van der Waals surface area (Å²) in [4.78, 5) is 0. The Bertz CT molecular complexity index is 491. The lowest BCUT2D eigenvalue weighted by molar-refractivity contribution is 0.147. The molecule has 2 N–H and O–H groups in total. The Kier molecular flexibility index (Phi) is 4.76. The molecule has 5 nitrogen and oxygen atoms in total. The van der Waals surface area contributed by atoms with Crippen LogP contribution in [0.3, 0.4) is 0 Å². The third-order valence-electron chi connectivity index (χ3n) is 3.04. The number of furan rings is 1. The van der Waals surface area contributed by atoms with E-state index in [9.17, 15) is 5.11 Å². The molecule has 0 aliphatic carbocycles. The number of hydrogen-bond acceptors (Lipinski definition) is 4. The largest absolute Gasteiger partial charge is 0.467 e. The van der Waals surface area contributed by atoms with Gasteiger partial charge >= 0.3 is 0 Å². The van der Waals surface area contributed by atoms with Crippen LogP contribution in [0.2, 0.25) is 0 Å². The number of nitrogens with zero attached hydrogens (tertiary/aromatic N) is 2. The van der Waals surface area contributed by atoms with Gasteiger partial charge in [0, 0.05) is 18.8 Å². The third kappa shape index (κ3) is 3.94. The van der Waals surface area contributed by atoms with E-state index in [-0.39, 0.29) is 0 Å². The van der Waals surface area contributed by atoms with Crippen LogP contribution >= 0.6 is 0 Å². The van der Waals surface area contributed by atoms with E-state index < -0.39 is 6.10 Å². The highest BCUT2D eigenvalue weighted by Crippen LogP contribution is 2.11. The number of rotatable bonds is 7. The van der Waals surface area contributed by atoms with Crippen LogP contribution in [-0.2, 0) is 6.54 Å². The second kappa shape index (κ2) is 6.54. The first-order chi connectivity index (χ1) is 9.16. The summed E-state index contributed by atoms with van der Waals surface area (Å²) >= 11 is 0. The van der Waals surface area contributed by atoms with Gasteiger partial charge in [0.2, 0.25) is 0 Å². The summed E-state index contributed by atoms with van der Waals surface area (Å²) in [5.74, 6) is 0.603. The minimum Gasteiger partial charge on any atom is -0.467 e. The molecule has 2 rings (SSSR count). The summed E-state index contributed by atoms with van der Waals surface area (Å²) in [6, 6.07) is 5.64. The van der Waals surface area contributed by atoms with Crippen LogP contribution < -0.4 is 5.32 Å². The molecule has 19 heavy (non-hydrogen) atoms. The maximum absolute atomic E-state index is 9.80. The highest BCUT2D eigenvalue weighted by Gasteiger charge is 2.09. The van der Waals surface area contributed by atoms with Crippen molar-refractivity contribution in [3.8, 4) is 0 Å². The second-order valence-corrected chi connectivity index (χ2v) is 4.74. The number of aromatic nitrogens is 2. The van der Waals surface area contributed by atoms with Gasteiger partial charge in [-0.25, -0.2) is 0 Å². The van der Waals surface area contributed by atoms with Crippen LogP contribution in [0.1, 0.15) is 29.7 Å². The maximum Gasteiger partial charge on any atom is 0.133 e. The van der Waals surface area contributed by atoms with E-state index in [2.05, 4.69) is 23.4 Å². The van der Waals surface area contributed by atoms with Gasteiger partial charge in [-0.05, 0) is 45.0 Å². The molecule has 1 unspecified atom stereocenters. The van der Waals surface area contributed by atoms with Crippen LogP contribution in [0.4, 0.5) is 0 Å². The van der Waals surface area contributed by atoms with Gasteiger partial charge in [-0.1, -0.05) is 0 Å². The number of hydrogen-bond donors (Lipinski definition) is 2. The molecule has 0 amide bonds. The van der Waals surface area contributed by atoms with E-state index in [1.54, 1.807) is 18.4 Å². The Hall–Kier alpha value is -1.59. The van der Waals surface area contributed by atoms with Crippen LogP contribution in [0.5, 0.6) is 0 Å². The minimum absolute atomic E-state index is 0.505. The molecular weight excluding hydrogens is 242 g/mol. The van der Waals surface area contributed by atoms with Crippen LogP contribution in [0.25, 0.3) is 0 Å². The molecule has 2 aromatic rings. The fraction of sp³-hybridized carbons (Fsp3) is 0.500. The summed E-state index contributed by atoms with van der Waals surface area (Å²) < 4.78 is 7.15. The van der Waals surface area contributed by atoms with Gasteiger partial charge in [0.25, 0.3) is 0 Å².